The third kappa shape index (κ3) is 2.84. The number of cyclic esters (lactones) is 2. The minimum Gasteiger partial charge on any atom is -0.393 e. The summed E-state index contributed by atoms with van der Waals surface area (Å²) < 4.78 is 9.79. The number of carbonyl (C=O) groups excluding carboxylic acids is 4. The summed E-state index contributed by atoms with van der Waals surface area (Å²) in [5.41, 5.74) is 0. The summed E-state index contributed by atoms with van der Waals surface area (Å²) in [6, 6.07) is 0. The van der Waals surface area contributed by atoms with Crippen molar-refractivity contribution in [3.8, 4) is 0 Å². The highest BCUT2D eigenvalue weighted by atomic mass is 16.6. The molecule has 0 aliphatic carbocycles. The Morgan fingerprint density at radius 2 is 0.905 bits per heavy atom. The summed E-state index contributed by atoms with van der Waals surface area (Å²) in [6.07, 6.45) is 3.86. The molecule has 114 valence electrons. The topological polar surface area (TPSA) is 86.7 Å². The van der Waals surface area contributed by atoms with Crippen LogP contribution in [0.25, 0.3) is 0 Å². The van der Waals surface area contributed by atoms with E-state index in [1.54, 1.807) is 0 Å². The lowest BCUT2D eigenvalue weighted by atomic mass is 9.80. The van der Waals surface area contributed by atoms with E-state index in [1.807, 2.05) is 0 Å². The Hall–Kier alpha value is -1.72. The van der Waals surface area contributed by atoms with Gasteiger partial charge in [0.2, 0.25) is 0 Å². The second-order valence-electron chi connectivity index (χ2n) is 6.26. The third-order valence-corrected chi connectivity index (χ3v) is 4.80. The van der Waals surface area contributed by atoms with Crippen molar-refractivity contribution < 1.29 is 28.7 Å². The van der Waals surface area contributed by atoms with Crippen LogP contribution >= 0.6 is 0 Å². The lowest BCUT2D eigenvalue weighted by molar-refractivity contribution is -0.175. The monoisotopic (exact) mass is 294 g/mol. The van der Waals surface area contributed by atoms with Gasteiger partial charge in [-0.1, -0.05) is 12.8 Å². The second kappa shape index (κ2) is 5.58. The summed E-state index contributed by atoms with van der Waals surface area (Å²) in [5.74, 6) is -3.97. The van der Waals surface area contributed by atoms with Gasteiger partial charge in [-0.15, -0.1) is 0 Å². The standard InChI is InChI=1S/C15H18O6/c16-12-8-3-1-2-4-9(13(17)20-12)6-11-7-10(5-8)14(18)21-15(11)19/h8-11H,1-7H2/t8-,9+,10-,11+. The van der Waals surface area contributed by atoms with Crippen molar-refractivity contribution >= 4 is 23.9 Å². The first kappa shape index (κ1) is 14.2. The molecule has 3 fully saturated rings. The molecule has 3 heterocycles. The molecule has 0 aromatic carbocycles. The number of carbonyl (C=O) groups is 4. The molecule has 0 aromatic rings. The molecule has 0 spiro atoms. The summed E-state index contributed by atoms with van der Waals surface area (Å²) in [7, 11) is 0. The van der Waals surface area contributed by atoms with Gasteiger partial charge >= 0.3 is 23.9 Å². The molecular formula is C15H18O6. The van der Waals surface area contributed by atoms with E-state index < -0.39 is 47.5 Å². The molecule has 0 radical (unpaired) electrons. The van der Waals surface area contributed by atoms with Gasteiger partial charge in [0, 0.05) is 0 Å². The fourth-order valence-electron chi connectivity index (χ4n) is 3.58. The molecule has 3 aliphatic rings. The maximum Gasteiger partial charge on any atom is 0.316 e. The molecule has 3 aliphatic heterocycles. The van der Waals surface area contributed by atoms with Crippen LogP contribution in [-0.4, -0.2) is 23.9 Å². The SMILES string of the molecule is O=C1OC(=O)[C@H]2C[C@@H]1C[C@@H]1CCCC[C@H](C2)C(=O)OC1=O. The Bertz CT molecular complexity index is 454. The van der Waals surface area contributed by atoms with Crippen LogP contribution in [0.1, 0.15) is 44.9 Å². The molecule has 0 unspecified atom stereocenters. The van der Waals surface area contributed by atoms with Gasteiger partial charge < -0.3 is 9.47 Å². The fourth-order valence-corrected chi connectivity index (χ4v) is 3.58. The maximum absolute atomic E-state index is 12.1. The minimum atomic E-state index is -0.545. The zero-order chi connectivity index (χ0) is 15.0. The average molecular weight is 294 g/mol. The fraction of sp³-hybridized carbons (Fsp3) is 0.733. The number of hydrogen-bond acceptors (Lipinski definition) is 6. The number of esters is 4. The van der Waals surface area contributed by atoms with Crippen molar-refractivity contribution in [1.82, 2.24) is 0 Å². The summed E-state index contributed by atoms with van der Waals surface area (Å²) >= 11 is 0. The highest BCUT2D eigenvalue weighted by Crippen LogP contribution is 2.37. The molecular weight excluding hydrogens is 276 g/mol. The number of rotatable bonds is 0. The van der Waals surface area contributed by atoms with E-state index in [2.05, 4.69) is 0 Å². The van der Waals surface area contributed by atoms with E-state index in [0.29, 0.717) is 32.1 Å². The van der Waals surface area contributed by atoms with Gasteiger partial charge in [-0.05, 0) is 32.1 Å². The molecule has 6 heteroatoms. The summed E-state index contributed by atoms with van der Waals surface area (Å²) in [5, 5.41) is 0. The van der Waals surface area contributed by atoms with E-state index in [-0.39, 0.29) is 0 Å². The Kier molecular flexibility index (Phi) is 3.78. The van der Waals surface area contributed by atoms with Crippen LogP contribution in [0.5, 0.6) is 0 Å². The van der Waals surface area contributed by atoms with Crippen molar-refractivity contribution in [3.05, 3.63) is 0 Å². The number of fused-ring (bicyclic) bond motifs is 6. The molecule has 6 nitrogen and oxygen atoms in total. The molecule has 21 heavy (non-hydrogen) atoms. The van der Waals surface area contributed by atoms with Crippen molar-refractivity contribution in [2.75, 3.05) is 0 Å². The van der Waals surface area contributed by atoms with Crippen molar-refractivity contribution in [2.24, 2.45) is 23.7 Å². The van der Waals surface area contributed by atoms with Crippen LogP contribution in [0.2, 0.25) is 0 Å². The summed E-state index contributed by atoms with van der Waals surface area (Å²) in [6.45, 7) is 0. The van der Waals surface area contributed by atoms with E-state index in [4.69, 9.17) is 9.47 Å². The van der Waals surface area contributed by atoms with Gasteiger partial charge in [-0.25, -0.2) is 0 Å². The van der Waals surface area contributed by atoms with Gasteiger partial charge in [0.1, 0.15) is 0 Å². The predicted octanol–water partition coefficient (Wildman–Crippen LogP) is 1.36. The Morgan fingerprint density at radius 1 is 0.571 bits per heavy atom. The van der Waals surface area contributed by atoms with E-state index in [9.17, 15) is 19.2 Å². The molecule has 0 aromatic heterocycles. The molecule has 4 atom stereocenters. The van der Waals surface area contributed by atoms with E-state index >= 15 is 0 Å². The average Bonchev–Trinajstić information content (AvgIpc) is 2.47. The Labute approximate surface area is 122 Å². The quantitative estimate of drug-likeness (QED) is 0.495. The Morgan fingerprint density at radius 3 is 1.33 bits per heavy atom. The van der Waals surface area contributed by atoms with Crippen LogP contribution in [0.15, 0.2) is 0 Å². The normalized spacial score (nSPS) is 37.3. The molecule has 3 saturated heterocycles. The second-order valence-corrected chi connectivity index (χ2v) is 6.26. The highest BCUT2D eigenvalue weighted by molar-refractivity contribution is 5.93. The smallest absolute Gasteiger partial charge is 0.316 e. The Balaban J connectivity index is 1.94. The lowest BCUT2D eigenvalue weighted by Crippen LogP contribution is -2.40. The first-order chi connectivity index (χ1) is 10.0. The van der Waals surface area contributed by atoms with Gasteiger partial charge in [-0.3, -0.25) is 19.2 Å². The van der Waals surface area contributed by atoms with Gasteiger partial charge in [0.15, 0.2) is 0 Å². The van der Waals surface area contributed by atoms with Gasteiger partial charge in [0.05, 0.1) is 23.7 Å². The lowest BCUT2D eigenvalue weighted by Gasteiger charge is -2.30. The number of hydrogen-bond donors (Lipinski definition) is 0. The summed E-state index contributed by atoms with van der Waals surface area (Å²) in [4.78, 5) is 47.8. The molecule has 0 saturated carbocycles. The van der Waals surface area contributed by atoms with Crippen LogP contribution in [0, 0.1) is 23.7 Å². The van der Waals surface area contributed by atoms with Gasteiger partial charge in [-0.2, -0.15) is 0 Å². The minimum absolute atomic E-state index is 0.305. The molecule has 0 amide bonds. The number of ether oxygens (including phenoxy) is 2. The largest absolute Gasteiger partial charge is 0.393 e. The van der Waals surface area contributed by atoms with Crippen LogP contribution < -0.4 is 0 Å². The van der Waals surface area contributed by atoms with Crippen molar-refractivity contribution in [3.63, 3.8) is 0 Å². The van der Waals surface area contributed by atoms with Crippen LogP contribution in [-0.2, 0) is 28.7 Å². The molecule has 4 bridgehead atoms. The van der Waals surface area contributed by atoms with Crippen molar-refractivity contribution in [1.29, 1.82) is 0 Å². The highest BCUT2D eigenvalue weighted by Gasteiger charge is 2.43. The zero-order valence-electron chi connectivity index (χ0n) is 11.7. The third-order valence-electron chi connectivity index (χ3n) is 4.80. The van der Waals surface area contributed by atoms with E-state index in [1.165, 1.54) is 0 Å². The van der Waals surface area contributed by atoms with E-state index in [0.717, 1.165) is 12.8 Å². The predicted molar refractivity (Wildman–Crippen MR) is 68.5 cm³/mol. The first-order valence-electron chi connectivity index (χ1n) is 7.55. The van der Waals surface area contributed by atoms with Gasteiger partial charge in [0.25, 0.3) is 0 Å². The first-order valence-corrected chi connectivity index (χ1v) is 7.55. The molecule has 3 rings (SSSR count). The molecule has 0 N–H and O–H groups in total. The van der Waals surface area contributed by atoms with Crippen molar-refractivity contribution in [2.45, 2.75) is 44.9 Å². The zero-order valence-corrected chi connectivity index (χ0v) is 11.7. The van der Waals surface area contributed by atoms with Crippen LogP contribution in [0.3, 0.4) is 0 Å². The maximum atomic E-state index is 12.1. The van der Waals surface area contributed by atoms with Crippen LogP contribution in [0.4, 0.5) is 0 Å².